The molecule has 3 N–H and O–H groups in total. The van der Waals surface area contributed by atoms with Crippen LogP contribution in [0.2, 0.25) is 0 Å². The molecular weight excluding hydrogens is 390 g/mol. The molecule has 1 saturated carbocycles. The van der Waals surface area contributed by atoms with Crippen molar-refractivity contribution in [1.82, 2.24) is 19.8 Å². The maximum Gasteiger partial charge on any atom is 0.325 e. The highest BCUT2D eigenvalue weighted by Crippen LogP contribution is 2.36. The van der Waals surface area contributed by atoms with E-state index >= 15 is 0 Å². The number of aromatic amines is 1. The van der Waals surface area contributed by atoms with Crippen LogP contribution in [0.1, 0.15) is 32.6 Å². The Morgan fingerprint density at radius 2 is 2.07 bits per heavy atom. The predicted molar refractivity (Wildman–Crippen MR) is 110 cm³/mol. The lowest BCUT2D eigenvalue weighted by Crippen LogP contribution is -2.49. The molecule has 9 heteroatoms. The Morgan fingerprint density at radius 3 is 2.76 bits per heavy atom. The standard InChI is InChI=1S/C20H23N5O3S/c1-13-5-7-20(8-6-13)17(27)25(18(28)23-20)12-16(26)22-14-3-2-4-15(11-14)24-10-9-21-19(24)29/h2-4,9-11,13H,5-8,12H2,1H3,(H,21,29)(H,22,26)(H,23,28). The number of hydrogen-bond donors (Lipinski definition) is 3. The summed E-state index contributed by atoms with van der Waals surface area (Å²) in [4.78, 5) is 41.7. The number of anilines is 1. The molecule has 1 aliphatic carbocycles. The van der Waals surface area contributed by atoms with Crippen molar-refractivity contribution in [3.8, 4) is 5.69 Å². The minimum atomic E-state index is -0.839. The van der Waals surface area contributed by atoms with Crippen LogP contribution in [0.25, 0.3) is 5.69 Å². The van der Waals surface area contributed by atoms with E-state index in [1.165, 1.54) is 0 Å². The number of hydrogen-bond acceptors (Lipinski definition) is 4. The number of H-pyrrole nitrogens is 1. The summed E-state index contributed by atoms with van der Waals surface area (Å²) in [6, 6.07) is 6.69. The molecule has 2 fully saturated rings. The third-order valence-electron chi connectivity index (χ3n) is 5.73. The van der Waals surface area contributed by atoms with Crippen LogP contribution in [0.5, 0.6) is 0 Å². The van der Waals surface area contributed by atoms with Crippen molar-refractivity contribution in [2.75, 3.05) is 11.9 Å². The van der Waals surface area contributed by atoms with Gasteiger partial charge in [-0.3, -0.25) is 19.1 Å². The van der Waals surface area contributed by atoms with Gasteiger partial charge in [0.05, 0.1) is 0 Å². The molecule has 4 amide bonds. The Balaban J connectivity index is 1.44. The van der Waals surface area contributed by atoms with E-state index < -0.39 is 17.5 Å². The van der Waals surface area contributed by atoms with Crippen LogP contribution < -0.4 is 10.6 Å². The largest absolute Gasteiger partial charge is 0.337 e. The van der Waals surface area contributed by atoms with Gasteiger partial charge in [-0.1, -0.05) is 13.0 Å². The van der Waals surface area contributed by atoms with Crippen LogP contribution in [-0.2, 0) is 9.59 Å². The Morgan fingerprint density at radius 1 is 1.31 bits per heavy atom. The van der Waals surface area contributed by atoms with E-state index in [0.29, 0.717) is 29.2 Å². The number of rotatable bonds is 4. The fourth-order valence-corrected chi connectivity index (χ4v) is 4.25. The van der Waals surface area contributed by atoms with Gasteiger partial charge < -0.3 is 15.6 Å². The highest BCUT2D eigenvalue weighted by atomic mass is 32.1. The van der Waals surface area contributed by atoms with Crippen LogP contribution in [-0.4, -0.2) is 44.4 Å². The average Bonchev–Trinajstić information content (AvgIpc) is 3.22. The number of urea groups is 1. The van der Waals surface area contributed by atoms with Crippen LogP contribution in [0.3, 0.4) is 0 Å². The summed E-state index contributed by atoms with van der Waals surface area (Å²) in [5, 5.41) is 5.59. The number of carbonyl (C=O) groups excluding carboxylic acids is 3. The predicted octanol–water partition coefficient (Wildman–Crippen LogP) is 2.97. The molecule has 8 nitrogen and oxygen atoms in total. The Bertz CT molecular complexity index is 1020. The maximum atomic E-state index is 12.9. The Labute approximate surface area is 173 Å². The number of nitrogens with one attached hydrogen (secondary N) is 3. The summed E-state index contributed by atoms with van der Waals surface area (Å²) in [7, 11) is 0. The molecule has 152 valence electrons. The van der Waals surface area contributed by atoms with Gasteiger partial charge in [-0.05, 0) is 62.0 Å². The normalized spacial score (nSPS) is 24.0. The van der Waals surface area contributed by atoms with Crippen molar-refractivity contribution in [1.29, 1.82) is 0 Å². The molecule has 2 aliphatic rings. The van der Waals surface area contributed by atoms with Crippen LogP contribution in [0.4, 0.5) is 10.5 Å². The summed E-state index contributed by atoms with van der Waals surface area (Å²) in [5.74, 6) is -0.176. The first-order valence-corrected chi connectivity index (χ1v) is 10.1. The van der Waals surface area contributed by atoms with Crippen LogP contribution in [0, 0.1) is 10.7 Å². The molecule has 0 bridgehead atoms. The molecule has 4 rings (SSSR count). The molecule has 0 unspecified atom stereocenters. The van der Waals surface area contributed by atoms with Gasteiger partial charge in [-0.25, -0.2) is 4.79 Å². The monoisotopic (exact) mass is 413 g/mol. The first kappa shape index (κ1) is 19.4. The lowest BCUT2D eigenvalue weighted by atomic mass is 9.77. The summed E-state index contributed by atoms with van der Waals surface area (Å²) < 4.78 is 2.32. The highest BCUT2D eigenvalue weighted by molar-refractivity contribution is 7.71. The number of imidazole rings is 1. The van der Waals surface area contributed by atoms with Crippen LogP contribution in [0.15, 0.2) is 36.7 Å². The van der Waals surface area contributed by atoms with Gasteiger partial charge in [-0.2, -0.15) is 0 Å². The second kappa shape index (κ2) is 7.47. The van der Waals surface area contributed by atoms with E-state index in [-0.39, 0.29) is 12.5 Å². The fraction of sp³-hybridized carbons (Fsp3) is 0.400. The molecule has 1 saturated heterocycles. The van der Waals surface area contributed by atoms with Crippen molar-refractivity contribution in [2.24, 2.45) is 5.92 Å². The minimum absolute atomic E-state index is 0.295. The number of amides is 4. The average molecular weight is 414 g/mol. The molecular formula is C20H23N5O3S. The van der Waals surface area contributed by atoms with Crippen molar-refractivity contribution >= 4 is 35.8 Å². The third kappa shape index (κ3) is 3.69. The Kier molecular flexibility index (Phi) is 4.99. The summed E-state index contributed by atoms with van der Waals surface area (Å²) in [6.45, 7) is 1.84. The fourth-order valence-electron chi connectivity index (χ4n) is 4.01. The molecule has 1 aliphatic heterocycles. The Hall–Kier alpha value is -2.94. The molecule has 1 spiro atoms. The molecule has 0 atom stereocenters. The zero-order valence-electron chi connectivity index (χ0n) is 16.1. The van der Waals surface area contributed by atoms with Gasteiger partial charge in [0.15, 0.2) is 4.77 Å². The molecule has 1 aromatic carbocycles. The van der Waals surface area contributed by atoms with E-state index in [9.17, 15) is 14.4 Å². The minimum Gasteiger partial charge on any atom is -0.337 e. The van der Waals surface area contributed by atoms with Gasteiger partial charge in [0.25, 0.3) is 5.91 Å². The molecule has 2 heterocycles. The van der Waals surface area contributed by atoms with E-state index in [1.807, 2.05) is 6.07 Å². The summed E-state index contributed by atoms with van der Waals surface area (Å²) >= 11 is 5.22. The molecule has 29 heavy (non-hydrogen) atoms. The quantitative estimate of drug-likeness (QED) is 0.530. The highest BCUT2D eigenvalue weighted by Gasteiger charge is 2.52. The molecule has 1 aromatic heterocycles. The van der Waals surface area contributed by atoms with Gasteiger partial charge in [0, 0.05) is 23.8 Å². The molecule has 0 radical (unpaired) electrons. The lowest BCUT2D eigenvalue weighted by molar-refractivity contribution is -0.135. The third-order valence-corrected chi connectivity index (χ3v) is 6.05. The summed E-state index contributed by atoms with van der Waals surface area (Å²) in [6.07, 6.45) is 6.54. The summed E-state index contributed by atoms with van der Waals surface area (Å²) in [5.41, 5.74) is 0.511. The van der Waals surface area contributed by atoms with Crippen LogP contribution >= 0.6 is 12.2 Å². The van der Waals surface area contributed by atoms with Gasteiger partial charge >= 0.3 is 6.03 Å². The maximum absolute atomic E-state index is 12.9. The number of aromatic nitrogens is 2. The van der Waals surface area contributed by atoms with Gasteiger partial charge in [0.1, 0.15) is 12.1 Å². The lowest BCUT2D eigenvalue weighted by Gasteiger charge is -2.33. The van der Waals surface area contributed by atoms with Gasteiger partial charge in [0.2, 0.25) is 5.91 Å². The SMILES string of the molecule is CC1CCC2(CC1)NC(=O)N(CC(=O)Nc1cccc(-n3cc[nH]c3=S)c1)C2=O. The zero-order chi connectivity index (χ0) is 20.6. The second-order valence-electron chi connectivity index (χ2n) is 7.82. The first-order valence-electron chi connectivity index (χ1n) is 9.68. The number of nitrogens with zero attached hydrogens (tertiary/aromatic N) is 2. The number of imide groups is 1. The van der Waals surface area contributed by atoms with E-state index in [2.05, 4.69) is 22.5 Å². The van der Waals surface area contributed by atoms with E-state index in [0.717, 1.165) is 23.4 Å². The second-order valence-corrected chi connectivity index (χ2v) is 8.21. The van der Waals surface area contributed by atoms with E-state index in [4.69, 9.17) is 12.2 Å². The smallest absolute Gasteiger partial charge is 0.325 e. The number of benzene rings is 1. The topological polar surface area (TPSA) is 99.2 Å². The first-order chi connectivity index (χ1) is 13.9. The van der Waals surface area contributed by atoms with Crippen molar-refractivity contribution in [3.05, 3.63) is 41.4 Å². The zero-order valence-corrected chi connectivity index (χ0v) is 16.9. The van der Waals surface area contributed by atoms with Crippen molar-refractivity contribution < 1.29 is 14.4 Å². The van der Waals surface area contributed by atoms with Gasteiger partial charge in [-0.15, -0.1) is 0 Å². The van der Waals surface area contributed by atoms with Crippen molar-refractivity contribution in [3.63, 3.8) is 0 Å². The molecule has 2 aromatic rings. The van der Waals surface area contributed by atoms with E-state index in [1.54, 1.807) is 35.2 Å². The number of carbonyl (C=O) groups is 3. The van der Waals surface area contributed by atoms with Crippen molar-refractivity contribution in [2.45, 2.75) is 38.1 Å².